The third-order valence-corrected chi connectivity index (χ3v) is 6.97. The number of nitrogens with zero attached hydrogens (tertiary/aromatic N) is 3. The number of aromatic nitrogens is 2. The van der Waals surface area contributed by atoms with Crippen LogP contribution < -0.4 is 10.6 Å². The predicted octanol–water partition coefficient (Wildman–Crippen LogP) is 4.39. The molecule has 7 heteroatoms. The lowest BCUT2D eigenvalue weighted by molar-refractivity contribution is 0.0949. The highest BCUT2D eigenvalue weighted by molar-refractivity contribution is 7.19. The van der Waals surface area contributed by atoms with Crippen molar-refractivity contribution in [1.82, 2.24) is 20.2 Å². The van der Waals surface area contributed by atoms with Crippen molar-refractivity contribution < 1.29 is 4.79 Å². The van der Waals surface area contributed by atoms with Crippen molar-refractivity contribution in [1.29, 1.82) is 0 Å². The number of carbonyl (C=O) groups is 1. The normalized spacial score (nSPS) is 13.4. The molecule has 3 aromatic rings. The van der Waals surface area contributed by atoms with Gasteiger partial charge < -0.3 is 15.5 Å². The van der Waals surface area contributed by atoms with Gasteiger partial charge in [-0.05, 0) is 68.6 Å². The second-order valence-corrected chi connectivity index (χ2v) is 8.68. The molecule has 4 rings (SSSR count). The van der Waals surface area contributed by atoms with E-state index in [0.29, 0.717) is 12.1 Å². The second-order valence-electron chi connectivity index (χ2n) is 7.60. The first-order chi connectivity index (χ1) is 14.7. The van der Waals surface area contributed by atoms with Crippen LogP contribution in [0.5, 0.6) is 0 Å². The summed E-state index contributed by atoms with van der Waals surface area (Å²) in [5.74, 6) is 0.820. The molecule has 0 unspecified atom stereocenters. The predicted molar refractivity (Wildman–Crippen MR) is 124 cm³/mol. The van der Waals surface area contributed by atoms with E-state index in [1.165, 1.54) is 23.3 Å². The summed E-state index contributed by atoms with van der Waals surface area (Å²) in [5.41, 5.74) is 3.00. The molecule has 1 amide bonds. The molecule has 0 bridgehead atoms. The minimum absolute atomic E-state index is 0.0370. The van der Waals surface area contributed by atoms with E-state index < -0.39 is 0 Å². The van der Waals surface area contributed by atoms with Crippen molar-refractivity contribution in [3.05, 3.63) is 46.6 Å². The molecular weight excluding hydrogens is 394 g/mol. The SMILES string of the molecule is CCN(CC)CCNC(=O)c1ccc(Nc2ncnc3sc4c(c23)CCCC4)cc1. The number of benzene rings is 1. The topological polar surface area (TPSA) is 70.2 Å². The molecule has 0 radical (unpaired) electrons. The molecule has 0 aliphatic heterocycles. The van der Waals surface area contributed by atoms with Crippen LogP contribution in [-0.4, -0.2) is 47.0 Å². The van der Waals surface area contributed by atoms with Crippen molar-refractivity contribution in [2.45, 2.75) is 39.5 Å². The monoisotopic (exact) mass is 423 g/mol. The van der Waals surface area contributed by atoms with E-state index in [0.717, 1.165) is 54.2 Å². The summed E-state index contributed by atoms with van der Waals surface area (Å²) in [6.07, 6.45) is 6.36. The number of thiophene rings is 1. The zero-order valence-corrected chi connectivity index (χ0v) is 18.5. The lowest BCUT2D eigenvalue weighted by atomic mass is 9.97. The van der Waals surface area contributed by atoms with E-state index in [1.807, 2.05) is 24.3 Å². The molecule has 0 saturated heterocycles. The van der Waals surface area contributed by atoms with Crippen molar-refractivity contribution in [2.75, 3.05) is 31.5 Å². The Hall–Kier alpha value is -2.51. The Morgan fingerprint density at radius 1 is 1.10 bits per heavy atom. The van der Waals surface area contributed by atoms with Crippen molar-refractivity contribution in [3.8, 4) is 0 Å². The average molecular weight is 424 g/mol. The summed E-state index contributed by atoms with van der Waals surface area (Å²) < 4.78 is 0. The minimum Gasteiger partial charge on any atom is -0.351 e. The van der Waals surface area contributed by atoms with Crippen LogP contribution in [-0.2, 0) is 12.8 Å². The van der Waals surface area contributed by atoms with Crippen LogP contribution in [0.1, 0.15) is 47.5 Å². The van der Waals surface area contributed by atoms with E-state index in [-0.39, 0.29) is 5.91 Å². The Morgan fingerprint density at radius 3 is 2.63 bits per heavy atom. The summed E-state index contributed by atoms with van der Waals surface area (Å²) in [6, 6.07) is 7.59. The Kier molecular flexibility index (Phi) is 6.59. The Balaban J connectivity index is 1.44. The third kappa shape index (κ3) is 4.47. The molecule has 1 aliphatic carbocycles. The maximum atomic E-state index is 12.4. The summed E-state index contributed by atoms with van der Waals surface area (Å²) in [4.78, 5) is 26.2. The van der Waals surface area contributed by atoms with Gasteiger partial charge in [-0.25, -0.2) is 9.97 Å². The molecule has 0 atom stereocenters. The van der Waals surface area contributed by atoms with Crippen LogP contribution in [0, 0.1) is 0 Å². The van der Waals surface area contributed by atoms with Gasteiger partial charge in [-0.1, -0.05) is 13.8 Å². The maximum Gasteiger partial charge on any atom is 0.251 e. The van der Waals surface area contributed by atoms with E-state index in [4.69, 9.17) is 0 Å². The van der Waals surface area contributed by atoms with E-state index in [2.05, 4.69) is 39.3 Å². The van der Waals surface area contributed by atoms with Gasteiger partial charge in [0, 0.05) is 29.2 Å². The smallest absolute Gasteiger partial charge is 0.251 e. The molecule has 0 saturated carbocycles. The first-order valence-corrected chi connectivity index (χ1v) is 11.6. The molecule has 1 aromatic carbocycles. The summed E-state index contributed by atoms with van der Waals surface area (Å²) >= 11 is 1.80. The quantitative estimate of drug-likeness (QED) is 0.562. The van der Waals surface area contributed by atoms with Crippen LogP contribution >= 0.6 is 11.3 Å². The molecule has 1 aliphatic rings. The number of hydrogen-bond donors (Lipinski definition) is 2. The van der Waals surface area contributed by atoms with E-state index in [9.17, 15) is 4.79 Å². The molecule has 158 valence electrons. The molecule has 6 nitrogen and oxygen atoms in total. The van der Waals surface area contributed by atoms with Gasteiger partial charge in [-0.2, -0.15) is 0 Å². The highest BCUT2D eigenvalue weighted by Gasteiger charge is 2.20. The molecule has 2 N–H and O–H groups in total. The number of nitrogens with one attached hydrogen (secondary N) is 2. The number of aryl methyl sites for hydroxylation is 2. The highest BCUT2D eigenvalue weighted by atomic mass is 32.1. The minimum atomic E-state index is -0.0370. The number of fused-ring (bicyclic) bond motifs is 3. The highest BCUT2D eigenvalue weighted by Crippen LogP contribution is 2.38. The molecule has 30 heavy (non-hydrogen) atoms. The fourth-order valence-electron chi connectivity index (χ4n) is 4.00. The lowest BCUT2D eigenvalue weighted by Crippen LogP contribution is -2.34. The van der Waals surface area contributed by atoms with Gasteiger partial charge in [-0.15, -0.1) is 11.3 Å². The van der Waals surface area contributed by atoms with Gasteiger partial charge in [0.1, 0.15) is 17.0 Å². The van der Waals surface area contributed by atoms with E-state index in [1.54, 1.807) is 17.7 Å². The number of likely N-dealkylation sites (N-methyl/N-ethyl adjacent to an activating group) is 1. The zero-order chi connectivity index (χ0) is 20.9. The third-order valence-electron chi connectivity index (χ3n) is 5.77. The van der Waals surface area contributed by atoms with Gasteiger partial charge >= 0.3 is 0 Å². The maximum absolute atomic E-state index is 12.4. The lowest BCUT2D eigenvalue weighted by Gasteiger charge is -2.18. The molecular formula is C23H29N5OS. The van der Waals surface area contributed by atoms with Crippen molar-refractivity contribution >= 4 is 39.0 Å². The number of anilines is 2. The summed E-state index contributed by atoms with van der Waals surface area (Å²) in [6.45, 7) is 7.78. The molecule has 2 aromatic heterocycles. The Morgan fingerprint density at radius 2 is 1.87 bits per heavy atom. The van der Waals surface area contributed by atoms with Gasteiger partial charge in [0.05, 0.1) is 5.39 Å². The number of rotatable bonds is 8. The Labute approximate surface area is 181 Å². The fraction of sp³-hybridized carbons (Fsp3) is 0.435. The second kappa shape index (κ2) is 9.53. The van der Waals surface area contributed by atoms with Gasteiger partial charge in [0.2, 0.25) is 0 Å². The van der Waals surface area contributed by atoms with Crippen molar-refractivity contribution in [3.63, 3.8) is 0 Å². The van der Waals surface area contributed by atoms with Crippen LogP contribution in [0.4, 0.5) is 11.5 Å². The first-order valence-electron chi connectivity index (χ1n) is 10.8. The number of carbonyl (C=O) groups excluding carboxylic acids is 1. The molecule has 2 heterocycles. The Bertz CT molecular complexity index is 1010. The van der Waals surface area contributed by atoms with E-state index >= 15 is 0 Å². The molecule has 0 spiro atoms. The number of amides is 1. The van der Waals surface area contributed by atoms with Crippen LogP contribution in [0.25, 0.3) is 10.2 Å². The summed E-state index contributed by atoms with van der Waals surface area (Å²) in [7, 11) is 0. The molecule has 0 fully saturated rings. The van der Waals surface area contributed by atoms with Crippen molar-refractivity contribution in [2.24, 2.45) is 0 Å². The van der Waals surface area contributed by atoms with Gasteiger partial charge in [0.15, 0.2) is 0 Å². The van der Waals surface area contributed by atoms with Crippen LogP contribution in [0.15, 0.2) is 30.6 Å². The summed E-state index contributed by atoms with van der Waals surface area (Å²) in [5, 5.41) is 7.60. The van der Waals surface area contributed by atoms with Crippen LogP contribution in [0.2, 0.25) is 0 Å². The zero-order valence-electron chi connectivity index (χ0n) is 17.7. The first kappa shape index (κ1) is 20.8. The van der Waals surface area contributed by atoms with Gasteiger partial charge in [-0.3, -0.25) is 4.79 Å². The average Bonchev–Trinajstić information content (AvgIpc) is 3.17. The van der Waals surface area contributed by atoms with Gasteiger partial charge in [0.25, 0.3) is 5.91 Å². The largest absolute Gasteiger partial charge is 0.351 e. The number of hydrogen-bond acceptors (Lipinski definition) is 6. The van der Waals surface area contributed by atoms with Crippen LogP contribution in [0.3, 0.4) is 0 Å². The standard InChI is InChI=1S/C23H29N5OS/c1-3-28(4-2)14-13-24-22(29)16-9-11-17(12-10-16)27-21-20-18-7-5-6-8-19(18)30-23(20)26-15-25-21/h9-12,15H,3-8,13-14H2,1-2H3,(H,24,29)(H,25,26,27). The fourth-order valence-corrected chi connectivity index (χ4v) is 5.22.